The molecule has 12 aromatic rings. The quantitative estimate of drug-likeness (QED) is 0.136. The Morgan fingerprint density at radius 3 is 1.26 bits per heavy atom. The molecule has 12 rings (SSSR count). The predicted molar refractivity (Wildman–Crippen MR) is 286 cm³/mol. The van der Waals surface area contributed by atoms with Crippen LogP contribution in [0.15, 0.2) is 277 Å². The monoisotopic (exact) mass is 867 g/mol. The lowest BCUT2D eigenvalue weighted by molar-refractivity contribution is 0.631. The van der Waals surface area contributed by atoms with Crippen LogP contribution >= 0.6 is 0 Å². The zero-order valence-electron chi connectivity index (χ0n) is 37.3. The Kier molecular flexibility index (Phi) is 10.6. The highest BCUT2D eigenvalue weighted by Gasteiger charge is 2.17. The summed E-state index contributed by atoms with van der Waals surface area (Å²) in [4.78, 5) is 2.37. The molecule has 0 saturated carbocycles. The molecular weight excluding hydrogens is 823 g/mol. The first kappa shape index (κ1) is 40.5. The summed E-state index contributed by atoms with van der Waals surface area (Å²) in [7, 11) is 0. The van der Waals surface area contributed by atoms with E-state index in [1.165, 1.54) is 60.8 Å². The fourth-order valence-corrected chi connectivity index (χ4v) is 9.61. The first-order chi connectivity index (χ1) is 33.7. The van der Waals surface area contributed by atoms with Crippen LogP contribution in [0, 0.1) is 0 Å². The van der Waals surface area contributed by atoms with Gasteiger partial charge in [-0.3, -0.25) is 0 Å². The molecule has 0 spiro atoms. The molecule has 1 heterocycles. The van der Waals surface area contributed by atoms with Gasteiger partial charge in [0.05, 0.1) is 0 Å². The van der Waals surface area contributed by atoms with Gasteiger partial charge >= 0.3 is 0 Å². The van der Waals surface area contributed by atoms with E-state index in [9.17, 15) is 0 Å². The largest absolute Gasteiger partial charge is 0.456 e. The Morgan fingerprint density at radius 1 is 0.221 bits per heavy atom. The van der Waals surface area contributed by atoms with Gasteiger partial charge in [0.2, 0.25) is 0 Å². The number of furan rings is 1. The lowest BCUT2D eigenvalue weighted by atomic mass is 9.89. The molecule has 0 aliphatic heterocycles. The molecular formula is C66H45NO. The summed E-state index contributed by atoms with van der Waals surface area (Å²) in [5, 5.41) is 3.45. The van der Waals surface area contributed by atoms with Gasteiger partial charge in [0.25, 0.3) is 0 Å². The molecule has 0 fully saturated rings. The first-order valence-corrected chi connectivity index (χ1v) is 23.2. The van der Waals surface area contributed by atoms with Crippen molar-refractivity contribution in [2.24, 2.45) is 0 Å². The molecule has 0 aliphatic carbocycles. The van der Waals surface area contributed by atoms with Crippen LogP contribution in [-0.2, 0) is 0 Å². The maximum Gasteiger partial charge on any atom is 0.135 e. The van der Waals surface area contributed by atoms with Crippen molar-refractivity contribution in [2.45, 2.75) is 0 Å². The van der Waals surface area contributed by atoms with E-state index in [2.05, 4.69) is 260 Å². The van der Waals surface area contributed by atoms with Crippen molar-refractivity contribution in [1.82, 2.24) is 0 Å². The van der Waals surface area contributed by atoms with Gasteiger partial charge in [0, 0.05) is 28.0 Å². The Balaban J connectivity index is 0.900. The summed E-state index contributed by atoms with van der Waals surface area (Å²) in [6.07, 6.45) is 0. The van der Waals surface area contributed by atoms with Crippen LogP contribution in [0.4, 0.5) is 17.1 Å². The van der Waals surface area contributed by atoms with E-state index in [0.717, 1.165) is 56.0 Å². The van der Waals surface area contributed by atoms with Crippen molar-refractivity contribution in [2.75, 3.05) is 4.90 Å². The number of nitrogens with zero attached hydrogens (tertiary/aromatic N) is 1. The van der Waals surface area contributed by atoms with Gasteiger partial charge in [0.15, 0.2) is 0 Å². The van der Waals surface area contributed by atoms with Crippen molar-refractivity contribution >= 4 is 38.8 Å². The number of fused-ring (bicyclic) bond motifs is 2. The number of hydrogen-bond donors (Lipinski definition) is 0. The molecule has 0 radical (unpaired) electrons. The molecule has 2 nitrogen and oxygen atoms in total. The van der Waals surface area contributed by atoms with E-state index in [1.54, 1.807) is 0 Å². The fraction of sp³-hybridized carbons (Fsp3) is 0. The maximum absolute atomic E-state index is 6.24. The molecule has 0 amide bonds. The van der Waals surface area contributed by atoms with Crippen molar-refractivity contribution in [3.8, 4) is 78.1 Å². The predicted octanol–water partition coefficient (Wildman–Crippen LogP) is 18.7. The van der Waals surface area contributed by atoms with Crippen LogP contribution < -0.4 is 4.90 Å². The highest BCUT2D eigenvalue weighted by Crippen LogP contribution is 2.42. The third-order valence-corrected chi connectivity index (χ3v) is 13.1. The number of anilines is 3. The third kappa shape index (κ3) is 7.95. The Morgan fingerprint density at radius 2 is 0.632 bits per heavy atom. The fourth-order valence-electron chi connectivity index (χ4n) is 9.61. The van der Waals surface area contributed by atoms with E-state index < -0.39 is 0 Å². The average molecular weight is 868 g/mol. The van der Waals surface area contributed by atoms with Crippen LogP contribution in [0.3, 0.4) is 0 Å². The summed E-state index contributed by atoms with van der Waals surface area (Å²) < 4.78 is 6.24. The van der Waals surface area contributed by atoms with Gasteiger partial charge in [-0.1, -0.05) is 212 Å². The van der Waals surface area contributed by atoms with Gasteiger partial charge < -0.3 is 9.32 Å². The number of rotatable bonds is 10. The average Bonchev–Trinajstić information content (AvgIpc) is 3.87. The maximum atomic E-state index is 6.24. The molecule has 1 aromatic heterocycles. The molecule has 0 N–H and O–H groups in total. The van der Waals surface area contributed by atoms with Crippen LogP contribution in [0.1, 0.15) is 0 Å². The zero-order chi connectivity index (χ0) is 45.2. The van der Waals surface area contributed by atoms with E-state index in [-0.39, 0.29) is 0 Å². The molecule has 0 aliphatic rings. The van der Waals surface area contributed by atoms with E-state index in [4.69, 9.17) is 4.42 Å². The molecule has 0 unspecified atom stereocenters. The topological polar surface area (TPSA) is 16.4 Å². The minimum absolute atomic E-state index is 0.873. The van der Waals surface area contributed by atoms with Gasteiger partial charge in [-0.25, -0.2) is 0 Å². The summed E-state index contributed by atoms with van der Waals surface area (Å²) in [6, 6.07) is 98.1. The molecule has 2 heteroatoms. The normalized spacial score (nSPS) is 11.2. The van der Waals surface area contributed by atoms with Crippen LogP contribution in [0.25, 0.3) is 99.8 Å². The second kappa shape index (κ2) is 17.8. The van der Waals surface area contributed by atoms with Gasteiger partial charge in [-0.2, -0.15) is 0 Å². The third-order valence-electron chi connectivity index (χ3n) is 13.1. The second-order valence-electron chi connectivity index (χ2n) is 17.3. The van der Waals surface area contributed by atoms with Crippen molar-refractivity contribution in [1.29, 1.82) is 0 Å². The van der Waals surface area contributed by atoms with Crippen molar-refractivity contribution < 1.29 is 4.42 Å². The summed E-state index contributed by atoms with van der Waals surface area (Å²) >= 11 is 0. The van der Waals surface area contributed by atoms with Crippen LogP contribution in [-0.4, -0.2) is 0 Å². The lowest BCUT2D eigenvalue weighted by Gasteiger charge is -2.26. The second-order valence-corrected chi connectivity index (χ2v) is 17.3. The van der Waals surface area contributed by atoms with E-state index in [1.807, 2.05) is 18.2 Å². The molecule has 0 bridgehead atoms. The van der Waals surface area contributed by atoms with Crippen LogP contribution in [0.2, 0.25) is 0 Å². The standard InChI is InChI=1S/C66H45NO/c1-3-14-46(15-4-1)47-26-28-48(29-27-47)49-32-37-58(38-33-49)67(59-39-34-51(35-40-59)62-22-9-11-24-64(62)63-23-10-8-21-61(63)50-16-5-2-6-17-50)60-41-36-54-42-53(30-31-55(54)44-60)52-19-13-20-56(43-52)66-45-57-18-7-12-25-65(57)68-66/h1-45H. The Bertz CT molecular complexity index is 3670. The minimum atomic E-state index is 0.873. The van der Waals surface area contributed by atoms with E-state index in [0.29, 0.717) is 0 Å². The van der Waals surface area contributed by atoms with Gasteiger partial charge in [-0.05, 0) is 138 Å². The van der Waals surface area contributed by atoms with E-state index >= 15 is 0 Å². The molecule has 0 atom stereocenters. The SMILES string of the molecule is c1ccc(-c2ccc(-c3ccc(N(c4ccc(-c5ccccc5-c5ccccc5-c5ccccc5)cc4)c4ccc5cc(-c6cccc(-c7cc8ccccc8o7)c6)ccc5c4)cc3)cc2)cc1. The van der Waals surface area contributed by atoms with Gasteiger partial charge in [0.1, 0.15) is 11.3 Å². The molecule has 320 valence electrons. The number of para-hydroxylation sites is 1. The number of benzene rings is 11. The molecule has 11 aromatic carbocycles. The highest BCUT2D eigenvalue weighted by molar-refractivity contribution is 5.95. The lowest BCUT2D eigenvalue weighted by Crippen LogP contribution is -2.09. The Hall–Kier alpha value is -8.98. The summed E-state index contributed by atoms with van der Waals surface area (Å²) in [6.45, 7) is 0. The van der Waals surface area contributed by atoms with Crippen LogP contribution in [0.5, 0.6) is 0 Å². The molecule has 68 heavy (non-hydrogen) atoms. The van der Waals surface area contributed by atoms with Crippen molar-refractivity contribution in [3.63, 3.8) is 0 Å². The van der Waals surface area contributed by atoms with Crippen molar-refractivity contribution in [3.05, 3.63) is 273 Å². The van der Waals surface area contributed by atoms with Gasteiger partial charge in [-0.15, -0.1) is 0 Å². The molecule has 0 saturated heterocycles. The number of hydrogen-bond acceptors (Lipinski definition) is 2. The first-order valence-electron chi connectivity index (χ1n) is 23.2. The Labute approximate surface area is 397 Å². The highest BCUT2D eigenvalue weighted by atomic mass is 16.3. The zero-order valence-corrected chi connectivity index (χ0v) is 37.3. The minimum Gasteiger partial charge on any atom is -0.456 e. The summed E-state index contributed by atoms with van der Waals surface area (Å²) in [5.41, 5.74) is 19.5. The smallest absolute Gasteiger partial charge is 0.135 e. The summed E-state index contributed by atoms with van der Waals surface area (Å²) in [5.74, 6) is 0.873.